The molecule has 1 amide bonds. The van der Waals surface area contributed by atoms with E-state index in [1.165, 1.54) is 23.5 Å². The number of hydrogen-bond donors (Lipinski definition) is 0. The maximum atomic E-state index is 14.9. The first-order valence-electron chi connectivity index (χ1n) is 14.6. The first-order valence-corrected chi connectivity index (χ1v) is 15.0. The molecule has 4 heterocycles. The first-order chi connectivity index (χ1) is 20.6. The molecule has 2 aromatic heterocycles. The number of anilines is 1. The zero-order chi connectivity index (χ0) is 30.3. The number of amides is 1. The van der Waals surface area contributed by atoms with Gasteiger partial charge in [0.15, 0.2) is 0 Å². The summed E-state index contributed by atoms with van der Waals surface area (Å²) in [5.41, 5.74) is -0.613. The van der Waals surface area contributed by atoms with Gasteiger partial charge in [0.25, 0.3) is 0 Å². The van der Waals surface area contributed by atoms with Gasteiger partial charge in [-0.1, -0.05) is 17.7 Å². The van der Waals surface area contributed by atoms with E-state index in [0.717, 1.165) is 49.1 Å². The Morgan fingerprint density at radius 2 is 1.81 bits per heavy atom. The van der Waals surface area contributed by atoms with Crippen molar-refractivity contribution in [3.05, 3.63) is 64.7 Å². The van der Waals surface area contributed by atoms with Crippen molar-refractivity contribution in [2.75, 3.05) is 31.1 Å². The summed E-state index contributed by atoms with van der Waals surface area (Å²) < 4.78 is 61.6. The van der Waals surface area contributed by atoms with Crippen LogP contribution in [0.15, 0.2) is 36.8 Å². The number of hydrogen-bond acceptors (Lipinski definition) is 6. The maximum Gasteiger partial charge on any atom is 0.433 e. The second kappa shape index (κ2) is 11.9. The molecule has 0 radical (unpaired) electrons. The lowest BCUT2D eigenvalue weighted by atomic mass is 9.90. The number of carbonyl (C=O) groups is 1. The fraction of sp³-hybridized carbons (Fsp3) is 0.533. The summed E-state index contributed by atoms with van der Waals surface area (Å²) in [5, 5.41) is 0.531. The van der Waals surface area contributed by atoms with Crippen LogP contribution in [0.2, 0.25) is 5.02 Å². The fourth-order valence-corrected chi connectivity index (χ4v) is 6.69. The Hall–Kier alpha value is -3.41. The van der Waals surface area contributed by atoms with Gasteiger partial charge in [-0.25, -0.2) is 19.3 Å². The van der Waals surface area contributed by atoms with Gasteiger partial charge < -0.3 is 19.1 Å². The van der Waals surface area contributed by atoms with Gasteiger partial charge in [-0.3, -0.25) is 4.79 Å². The standard InChI is InChI=1S/C30H33ClF4N6O2/c1-18-28-36-17-26(30(33,34)35)41(28)10-9-40(18)27(42)13-21-2-3-23(14-25(21)32)43-11-6-20-12-24(20)19-4-7-39(8-5-19)29-37-15-22(31)16-38-29/h2-3,14-20,24H,4-13H2,1H3. The van der Waals surface area contributed by atoms with Gasteiger partial charge >= 0.3 is 6.18 Å². The highest BCUT2D eigenvalue weighted by Crippen LogP contribution is 2.50. The number of benzene rings is 1. The number of imidazole rings is 1. The van der Waals surface area contributed by atoms with Gasteiger partial charge in [0.1, 0.15) is 23.1 Å². The number of aromatic nitrogens is 4. The van der Waals surface area contributed by atoms with Crippen molar-refractivity contribution in [1.82, 2.24) is 24.4 Å². The van der Waals surface area contributed by atoms with Crippen molar-refractivity contribution in [2.45, 2.75) is 57.8 Å². The van der Waals surface area contributed by atoms with Gasteiger partial charge in [0, 0.05) is 32.2 Å². The highest BCUT2D eigenvalue weighted by molar-refractivity contribution is 6.30. The van der Waals surface area contributed by atoms with Gasteiger partial charge in [-0.15, -0.1) is 0 Å². The van der Waals surface area contributed by atoms with Crippen LogP contribution >= 0.6 is 11.6 Å². The molecule has 3 atom stereocenters. The summed E-state index contributed by atoms with van der Waals surface area (Å²) >= 11 is 5.89. The molecule has 1 saturated carbocycles. The molecule has 6 rings (SSSR count). The van der Waals surface area contributed by atoms with E-state index in [4.69, 9.17) is 16.3 Å². The molecule has 13 heteroatoms. The molecule has 8 nitrogen and oxygen atoms in total. The Morgan fingerprint density at radius 3 is 2.51 bits per heavy atom. The van der Waals surface area contributed by atoms with Gasteiger partial charge in [0.05, 0.1) is 42.7 Å². The normalized spacial score (nSPS) is 22.4. The minimum atomic E-state index is -4.52. The Balaban J connectivity index is 0.947. The van der Waals surface area contributed by atoms with Crippen LogP contribution in [-0.2, 0) is 23.9 Å². The largest absolute Gasteiger partial charge is 0.493 e. The number of alkyl halides is 3. The van der Waals surface area contributed by atoms with E-state index in [2.05, 4.69) is 19.9 Å². The van der Waals surface area contributed by atoms with E-state index >= 15 is 0 Å². The topological polar surface area (TPSA) is 76.4 Å². The van der Waals surface area contributed by atoms with Crippen LogP contribution in [0.25, 0.3) is 0 Å². The summed E-state index contributed by atoms with van der Waals surface area (Å²) in [5.74, 6) is 2.38. The Labute approximate surface area is 252 Å². The van der Waals surface area contributed by atoms with Gasteiger partial charge in [-0.2, -0.15) is 13.2 Å². The third-order valence-electron chi connectivity index (χ3n) is 9.04. The van der Waals surface area contributed by atoms with Crippen molar-refractivity contribution >= 4 is 23.5 Å². The van der Waals surface area contributed by atoms with E-state index < -0.39 is 23.7 Å². The predicted molar refractivity (Wildman–Crippen MR) is 151 cm³/mol. The summed E-state index contributed by atoms with van der Waals surface area (Å²) in [4.78, 5) is 29.2. The van der Waals surface area contributed by atoms with Crippen molar-refractivity contribution < 1.29 is 27.1 Å². The second-order valence-corrected chi connectivity index (χ2v) is 12.1. The van der Waals surface area contributed by atoms with Crippen LogP contribution in [0.5, 0.6) is 5.75 Å². The van der Waals surface area contributed by atoms with Crippen LogP contribution < -0.4 is 9.64 Å². The molecule has 1 aromatic carbocycles. The monoisotopic (exact) mass is 620 g/mol. The molecule has 3 aromatic rings. The summed E-state index contributed by atoms with van der Waals surface area (Å²) in [6.45, 7) is 4.06. The van der Waals surface area contributed by atoms with Crippen LogP contribution in [0, 0.1) is 23.6 Å². The number of nitrogens with zero attached hydrogens (tertiary/aromatic N) is 6. The SMILES string of the molecule is CC1c2ncc(C(F)(F)F)n2CCN1C(=O)Cc1ccc(OCCC2CC2C2CCN(c3ncc(Cl)cn3)CC2)cc1F. The Kier molecular flexibility index (Phi) is 8.23. The highest BCUT2D eigenvalue weighted by Gasteiger charge is 2.43. The molecule has 43 heavy (non-hydrogen) atoms. The quantitative estimate of drug-likeness (QED) is 0.290. The average Bonchev–Trinajstić information content (AvgIpc) is 3.60. The molecular weight excluding hydrogens is 588 g/mol. The third-order valence-corrected chi connectivity index (χ3v) is 9.23. The molecule has 2 aliphatic heterocycles. The van der Waals surface area contributed by atoms with Gasteiger partial charge in [-0.05, 0) is 62.0 Å². The molecule has 2 fully saturated rings. The molecule has 3 aliphatic rings. The lowest BCUT2D eigenvalue weighted by Crippen LogP contribution is -2.42. The number of halogens is 5. The number of carbonyl (C=O) groups excluding carboxylic acids is 1. The fourth-order valence-electron chi connectivity index (χ4n) is 6.60. The summed E-state index contributed by atoms with van der Waals surface area (Å²) in [6.07, 6.45) is 3.64. The van der Waals surface area contributed by atoms with E-state index in [1.807, 2.05) is 0 Å². The van der Waals surface area contributed by atoms with E-state index in [1.54, 1.807) is 25.4 Å². The minimum Gasteiger partial charge on any atom is -0.493 e. The minimum absolute atomic E-state index is 0.0189. The van der Waals surface area contributed by atoms with Crippen LogP contribution in [0.4, 0.5) is 23.5 Å². The van der Waals surface area contributed by atoms with Crippen LogP contribution in [-0.4, -0.2) is 56.6 Å². The predicted octanol–water partition coefficient (Wildman–Crippen LogP) is 5.95. The average molecular weight is 621 g/mol. The lowest BCUT2D eigenvalue weighted by molar-refractivity contribution is -0.144. The van der Waals surface area contributed by atoms with Crippen molar-refractivity contribution in [3.8, 4) is 5.75 Å². The zero-order valence-corrected chi connectivity index (χ0v) is 24.5. The third kappa shape index (κ3) is 6.44. The molecular formula is C30H33ClF4N6O2. The number of ether oxygens (including phenoxy) is 1. The molecule has 0 spiro atoms. The van der Waals surface area contributed by atoms with Crippen molar-refractivity contribution in [3.63, 3.8) is 0 Å². The highest BCUT2D eigenvalue weighted by atomic mass is 35.5. The summed E-state index contributed by atoms with van der Waals surface area (Å²) in [7, 11) is 0. The molecule has 0 N–H and O–H groups in total. The Morgan fingerprint density at radius 1 is 1.07 bits per heavy atom. The lowest BCUT2D eigenvalue weighted by Gasteiger charge is -2.34. The smallest absolute Gasteiger partial charge is 0.433 e. The number of rotatable bonds is 8. The molecule has 1 aliphatic carbocycles. The first kappa shape index (κ1) is 29.7. The van der Waals surface area contributed by atoms with E-state index in [9.17, 15) is 22.4 Å². The van der Waals surface area contributed by atoms with Crippen LogP contribution in [0.1, 0.15) is 55.7 Å². The maximum absolute atomic E-state index is 14.9. The molecule has 230 valence electrons. The van der Waals surface area contributed by atoms with E-state index in [0.29, 0.717) is 35.1 Å². The molecule has 1 saturated heterocycles. The van der Waals surface area contributed by atoms with Crippen molar-refractivity contribution in [2.24, 2.45) is 17.8 Å². The molecule has 0 bridgehead atoms. The number of piperidine rings is 1. The van der Waals surface area contributed by atoms with E-state index in [-0.39, 0.29) is 36.8 Å². The number of fused-ring (bicyclic) bond motifs is 1. The summed E-state index contributed by atoms with van der Waals surface area (Å²) in [6, 6.07) is 3.84. The molecule has 3 unspecified atom stereocenters. The van der Waals surface area contributed by atoms with Gasteiger partial charge in [0.2, 0.25) is 11.9 Å². The van der Waals surface area contributed by atoms with Crippen LogP contribution in [0.3, 0.4) is 0 Å². The Bertz CT molecular complexity index is 1460. The van der Waals surface area contributed by atoms with Crippen molar-refractivity contribution in [1.29, 1.82) is 0 Å². The second-order valence-electron chi connectivity index (χ2n) is 11.7. The zero-order valence-electron chi connectivity index (χ0n) is 23.7.